The molecule has 1 saturated heterocycles. The van der Waals surface area contributed by atoms with E-state index >= 15 is 0 Å². The maximum absolute atomic E-state index is 4.38. The first-order chi connectivity index (χ1) is 9.04. The number of hydrogen-bond acceptors (Lipinski definition) is 5. The Balaban J connectivity index is 1.97. The summed E-state index contributed by atoms with van der Waals surface area (Å²) in [4.78, 5) is 2.35. The molecule has 0 amide bonds. The van der Waals surface area contributed by atoms with Crippen molar-refractivity contribution in [1.29, 1.82) is 0 Å². The van der Waals surface area contributed by atoms with Crippen LogP contribution in [0.3, 0.4) is 0 Å². The Labute approximate surface area is 120 Å². The lowest BCUT2D eigenvalue weighted by Gasteiger charge is -2.35. The van der Waals surface area contributed by atoms with Crippen LogP contribution in [0.1, 0.15) is 33.4 Å². The average Bonchev–Trinajstić information content (AvgIpc) is 2.36. The monoisotopic (exact) mass is 280 g/mol. The first kappa shape index (κ1) is 14.6. The van der Waals surface area contributed by atoms with E-state index in [0.717, 1.165) is 31.1 Å². The molecule has 2 atom stereocenters. The SMILES string of the molecule is CC(C)NCc1ccc(N2CC(C)SC(C)C2)nn1. The van der Waals surface area contributed by atoms with Gasteiger partial charge in [-0.3, -0.25) is 0 Å². The Kier molecular flexibility index (Phi) is 5.05. The molecule has 1 aromatic rings. The zero-order valence-electron chi connectivity index (χ0n) is 12.3. The summed E-state index contributed by atoms with van der Waals surface area (Å²) in [6.45, 7) is 11.7. The van der Waals surface area contributed by atoms with Gasteiger partial charge in [0, 0.05) is 36.2 Å². The number of hydrogen-bond donors (Lipinski definition) is 1. The van der Waals surface area contributed by atoms with E-state index in [0.29, 0.717) is 16.5 Å². The third kappa shape index (κ3) is 4.35. The molecule has 19 heavy (non-hydrogen) atoms. The van der Waals surface area contributed by atoms with Gasteiger partial charge in [0.15, 0.2) is 5.82 Å². The smallest absolute Gasteiger partial charge is 0.151 e. The van der Waals surface area contributed by atoms with Gasteiger partial charge in [0.1, 0.15) is 0 Å². The number of anilines is 1. The number of aromatic nitrogens is 2. The fourth-order valence-electron chi connectivity index (χ4n) is 2.29. The Hall–Kier alpha value is -0.810. The molecule has 0 saturated carbocycles. The van der Waals surface area contributed by atoms with Gasteiger partial charge in [-0.25, -0.2) is 0 Å². The van der Waals surface area contributed by atoms with Crippen molar-refractivity contribution in [2.75, 3.05) is 18.0 Å². The van der Waals surface area contributed by atoms with Gasteiger partial charge in [-0.1, -0.05) is 27.7 Å². The zero-order chi connectivity index (χ0) is 13.8. The van der Waals surface area contributed by atoms with Crippen molar-refractivity contribution < 1.29 is 0 Å². The summed E-state index contributed by atoms with van der Waals surface area (Å²) < 4.78 is 0. The molecule has 0 bridgehead atoms. The lowest BCUT2D eigenvalue weighted by atomic mass is 10.3. The molecule has 106 valence electrons. The zero-order valence-corrected chi connectivity index (χ0v) is 13.1. The summed E-state index contributed by atoms with van der Waals surface area (Å²) in [6.07, 6.45) is 0. The molecule has 2 rings (SSSR count). The number of rotatable bonds is 4. The van der Waals surface area contributed by atoms with E-state index in [2.05, 4.69) is 72.0 Å². The minimum atomic E-state index is 0.474. The van der Waals surface area contributed by atoms with E-state index in [9.17, 15) is 0 Å². The summed E-state index contributed by atoms with van der Waals surface area (Å²) in [6, 6.07) is 4.65. The third-order valence-electron chi connectivity index (χ3n) is 3.14. The highest BCUT2D eigenvalue weighted by atomic mass is 32.2. The van der Waals surface area contributed by atoms with Crippen molar-refractivity contribution >= 4 is 17.6 Å². The molecule has 0 spiro atoms. The molecule has 1 aromatic heterocycles. The van der Waals surface area contributed by atoms with Crippen molar-refractivity contribution in [2.45, 2.75) is 50.8 Å². The average molecular weight is 280 g/mol. The van der Waals surface area contributed by atoms with E-state index in [-0.39, 0.29) is 0 Å². The van der Waals surface area contributed by atoms with Crippen molar-refractivity contribution in [3.05, 3.63) is 17.8 Å². The maximum atomic E-state index is 4.38. The van der Waals surface area contributed by atoms with E-state index < -0.39 is 0 Å². The van der Waals surface area contributed by atoms with Crippen LogP contribution >= 0.6 is 11.8 Å². The second-order valence-electron chi connectivity index (χ2n) is 5.58. The van der Waals surface area contributed by atoms with Crippen LogP contribution in [0.4, 0.5) is 5.82 Å². The van der Waals surface area contributed by atoms with Crippen LogP contribution in [0, 0.1) is 0 Å². The normalized spacial score (nSPS) is 23.9. The van der Waals surface area contributed by atoms with Gasteiger partial charge < -0.3 is 10.2 Å². The molecule has 1 fully saturated rings. The highest BCUT2D eigenvalue weighted by Gasteiger charge is 2.23. The number of thioether (sulfide) groups is 1. The van der Waals surface area contributed by atoms with E-state index in [1.807, 2.05) is 0 Å². The van der Waals surface area contributed by atoms with Crippen molar-refractivity contribution in [3.8, 4) is 0 Å². The standard InChI is InChI=1S/C14H24N4S/c1-10(2)15-7-13-5-6-14(17-16-13)18-8-11(3)19-12(4)9-18/h5-6,10-12,15H,7-9H2,1-4H3. The van der Waals surface area contributed by atoms with Crippen LogP contribution in [0.25, 0.3) is 0 Å². The fourth-order valence-corrected chi connectivity index (χ4v) is 3.61. The highest BCUT2D eigenvalue weighted by molar-refractivity contribution is 8.00. The molecule has 0 radical (unpaired) electrons. The van der Waals surface area contributed by atoms with Gasteiger partial charge in [0.25, 0.3) is 0 Å². The molecule has 0 aliphatic carbocycles. The maximum Gasteiger partial charge on any atom is 0.151 e. The molecular formula is C14H24N4S. The molecule has 4 nitrogen and oxygen atoms in total. The van der Waals surface area contributed by atoms with E-state index in [4.69, 9.17) is 0 Å². The van der Waals surface area contributed by atoms with Crippen molar-refractivity contribution in [1.82, 2.24) is 15.5 Å². The van der Waals surface area contributed by atoms with E-state index in [1.165, 1.54) is 0 Å². The van der Waals surface area contributed by atoms with Gasteiger partial charge in [0.05, 0.1) is 5.69 Å². The molecule has 2 heterocycles. The Bertz CT molecular complexity index is 383. The minimum Gasteiger partial charge on any atom is -0.353 e. The van der Waals surface area contributed by atoms with Crippen LogP contribution in [0.5, 0.6) is 0 Å². The molecule has 2 unspecified atom stereocenters. The molecule has 0 aromatic carbocycles. The first-order valence-electron chi connectivity index (χ1n) is 7.01. The predicted octanol–water partition coefficient (Wildman–Crippen LogP) is 2.30. The second kappa shape index (κ2) is 6.57. The van der Waals surface area contributed by atoms with Crippen LogP contribution in [0.15, 0.2) is 12.1 Å². The molecule has 1 N–H and O–H groups in total. The Morgan fingerprint density at radius 3 is 2.47 bits per heavy atom. The Morgan fingerprint density at radius 2 is 1.95 bits per heavy atom. The van der Waals surface area contributed by atoms with Crippen LogP contribution in [-0.2, 0) is 6.54 Å². The van der Waals surface area contributed by atoms with Crippen LogP contribution in [-0.4, -0.2) is 39.8 Å². The quantitative estimate of drug-likeness (QED) is 0.916. The van der Waals surface area contributed by atoms with Crippen molar-refractivity contribution in [3.63, 3.8) is 0 Å². The minimum absolute atomic E-state index is 0.474. The molecular weight excluding hydrogens is 256 g/mol. The summed E-state index contributed by atoms with van der Waals surface area (Å²) in [5.41, 5.74) is 1.00. The molecule has 1 aliphatic rings. The van der Waals surface area contributed by atoms with Gasteiger partial charge in [-0.2, -0.15) is 16.9 Å². The Morgan fingerprint density at radius 1 is 1.26 bits per heavy atom. The first-order valence-corrected chi connectivity index (χ1v) is 7.95. The lowest BCUT2D eigenvalue weighted by Crippen LogP contribution is -2.41. The van der Waals surface area contributed by atoms with Gasteiger partial charge >= 0.3 is 0 Å². The van der Waals surface area contributed by atoms with Gasteiger partial charge in [0.2, 0.25) is 0 Å². The van der Waals surface area contributed by atoms with Gasteiger partial charge in [-0.05, 0) is 12.1 Å². The largest absolute Gasteiger partial charge is 0.353 e. The summed E-state index contributed by atoms with van der Waals surface area (Å²) in [7, 11) is 0. The molecule has 1 aliphatic heterocycles. The summed E-state index contributed by atoms with van der Waals surface area (Å²) in [5, 5.41) is 13.4. The van der Waals surface area contributed by atoms with Crippen LogP contribution in [0.2, 0.25) is 0 Å². The topological polar surface area (TPSA) is 41.0 Å². The molecule has 5 heteroatoms. The summed E-state index contributed by atoms with van der Waals surface area (Å²) >= 11 is 2.05. The van der Waals surface area contributed by atoms with Crippen LogP contribution < -0.4 is 10.2 Å². The second-order valence-corrected chi connectivity index (χ2v) is 7.46. The predicted molar refractivity (Wildman–Crippen MR) is 82.7 cm³/mol. The number of nitrogens with zero attached hydrogens (tertiary/aromatic N) is 3. The lowest BCUT2D eigenvalue weighted by molar-refractivity contribution is 0.576. The fraction of sp³-hybridized carbons (Fsp3) is 0.714. The van der Waals surface area contributed by atoms with Crippen molar-refractivity contribution in [2.24, 2.45) is 0 Å². The van der Waals surface area contributed by atoms with E-state index in [1.54, 1.807) is 0 Å². The van der Waals surface area contributed by atoms with Gasteiger partial charge in [-0.15, -0.1) is 5.10 Å². The number of nitrogens with one attached hydrogen (secondary N) is 1. The highest BCUT2D eigenvalue weighted by Crippen LogP contribution is 2.27. The summed E-state index contributed by atoms with van der Waals surface area (Å²) in [5.74, 6) is 1.01. The third-order valence-corrected chi connectivity index (χ3v) is 4.37.